The smallest absolute Gasteiger partial charge is 0.248 e. The van der Waals surface area contributed by atoms with E-state index in [4.69, 9.17) is 11.5 Å². The summed E-state index contributed by atoms with van der Waals surface area (Å²) in [6, 6.07) is 6.47. The standard InChI is InChI=1S/C7H8N2O.C2H6S/c8-6-3-1-5(2-4-6)7(9)10;1-2-3/h1-4H,8H2,(H2,9,10);3H,2H2,1H3. The van der Waals surface area contributed by atoms with E-state index in [2.05, 4.69) is 12.6 Å². The van der Waals surface area contributed by atoms with Crippen molar-refractivity contribution in [1.29, 1.82) is 0 Å². The summed E-state index contributed by atoms with van der Waals surface area (Å²) in [6.07, 6.45) is 0. The van der Waals surface area contributed by atoms with E-state index in [1.54, 1.807) is 24.3 Å². The minimum absolute atomic E-state index is 0.431. The first-order valence-electron chi connectivity index (χ1n) is 3.88. The van der Waals surface area contributed by atoms with Gasteiger partial charge in [-0.3, -0.25) is 4.79 Å². The average molecular weight is 198 g/mol. The molecule has 0 saturated carbocycles. The Hall–Kier alpha value is -1.16. The second-order valence-electron chi connectivity index (χ2n) is 2.30. The summed E-state index contributed by atoms with van der Waals surface area (Å²) in [7, 11) is 0. The Kier molecular flexibility index (Phi) is 5.80. The van der Waals surface area contributed by atoms with E-state index < -0.39 is 5.91 Å². The predicted molar refractivity (Wildman–Crippen MR) is 58.9 cm³/mol. The number of anilines is 1. The van der Waals surface area contributed by atoms with E-state index in [0.717, 1.165) is 5.75 Å². The van der Waals surface area contributed by atoms with Crippen LogP contribution in [0, 0.1) is 0 Å². The zero-order chi connectivity index (χ0) is 10.3. The summed E-state index contributed by atoms with van der Waals surface area (Å²) in [4.78, 5) is 10.5. The van der Waals surface area contributed by atoms with Crippen molar-refractivity contribution in [3.8, 4) is 0 Å². The molecule has 0 unspecified atom stereocenters. The molecule has 0 aliphatic rings. The van der Waals surface area contributed by atoms with Gasteiger partial charge in [0, 0.05) is 11.3 Å². The molecule has 1 rings (SSSR count). The number of nitrogen functional groups attached to an aromatic ring is 1. The van der Waals surface area contributed by atoms with Gasteiger partial charge in [0.1, 0.15) is 0 Å². The van der Waals surface area contributed by atoms with Crippen molar-refractivity contribution in [2.75, 3.05) is 11.5 Å². The summed E-state index contributed by atoms with van der Waals surface area (Å²) >= 11 is 3.79. The van der Waals surface area contributed by atoms with E-state index in [0.29, 0.717) is 11.3 Å². The second-order valence-corrected chi connectivity index (χ2v) is 2.93. The number of carbonyl (C=O) groups excluding carboxylic acids is 1. The van der Waals surface area contributed by atoms with Gasteiger partial charge in [0.05, 0.1) is 0 Å². The third-order valence-corrected chi connectivity index (χ3v) is 1.20. The summed E-state index contributed by atoms with van der Waals surface area (Å²) in [5, 5.41) is 0. The molecule has 13 heavy (non-hydrogen) atoms. The molecule has 0 saturated heterocycles. The Labute approximate surface area is 83.5 Å². The topological polar surface area (TPSA) is 69.1 Å². The molecule has 0 atom stereocenters. The number of thiol groups is 1. The van der Waals surface area contributed by atoms with Crippen LogP contribution in [0.25, 0.3) is 0 Å². The fraction of sp³-hybridized carbons (Fsp3) is 0.222. The molecule has 4 heteroatoms. The van der Waals surface area contributed by atoms with Crippen molar-refractivity contribution in [1.82, 2.24) is 0 Å². The van der Waals surface area contributed by atoms with Gasteiger partial charge in [0.2, 0.25) is 5.91 Å². The quantitative estimate of drug-likeness (QED) is 0.470. The predicted octanol–water partition coefficient (Wildman–Crippen LogP) is 1.30. The number of amides is 1. The molecule has 1 amide bonds. The van der Waals surface area contributed by atoms with Gasteiger partial charge in [0.25, 0.3) is 0 Å². The highest BCUT2D eigenvalue weighted by Crippen LogP contribution is 2.03. The molecule has 0 bridgehead atoms. The number of primary amides is 1. The second kappa shape index (κ2) is 6.37. The molecule has 0 radical (unpaired) electrons. The van der Waals surface area contributed by atoms with Crippen LogP contribution < -0.4 is 11.5 Å². The van der Waals surface area contributed by atoms with Gasteiger partial charge in [-0.05, 0) is 30.0 Å². The lowest BCUT2D eigenvalue weighted by Crippen LogP contribution is -2.10. The fourth-order valence-electron chi connectivity index (χ4n) is 0.647. The third-order valence-electron chi connectivity index (χ3n) is 1.20. The first kappa shape index (κ1) is 11.8. The maximum Gasteiger partial charge on any atom is 0.248 e. The number of rotatable bonds is 1. The zero-order valence-electron chi connectivity index (χ0n) is 7.53. The molecule has 0 fully saturated rings. The SMILES string of the molecule is CCS.NC(=O)c1ccc(N)cc1. The number of hydrogen-bond donors (Lipinski definition) is 3. The third kappa shape index (κ3) is 5.14. The van der Waals surface area contributed by atoms with Crippen molar-refractivity contribution in [2.24, 2.45) is 5.73 Å². The maximum atomic E-state index is 10.5. The Morgan fingerprint density at radius 3 is 2.08 bits per heavy atom. The highest BCUT2D eigenvalue weighted by molar-refractivity contribution is 7.80. The Morgan fingerprint density at radius 1 is 1.38 bits per heavy atom. The van der Waals surface area contributed by atoms with Crippen LogP contribution in [0.5, 0.6) is 0 Å². The van der Waals surface area contributed by atoms with Crippen LogP contribution in [0.15, 0.2) is 24.3 Å². The average Bonchev–Trinajstić information content (AvgIpc) is 2.06. The summed E-state index contributed by atoms with van der Waals surface area (Å²) in [5.74, 6) is 0.514. The van der Waals surface area contributed by atoms with Crippen LogP contribution in [0.3, 0.4) is 0 Å². The molecule has 1 aromatic rings. The first-order valence-corrected chi connectivity index (χ1v) is 4.51. The lowest BCUT2D eigenvalue weighted by atomic mass is 10.2. The van der Waals surface area contributed by atoms with Gasteiger partial charge in [-0.1, -0.05) is 6.92 Å². The van der Waals surface area contributed by atoms with Crippen LogP contribution in [-0.2, 0) is 0 Å². The largest absolute Gasteiger partial charge is 0.399 e. The Balaban J connectivity index is 0.000000424. The molecule has 3 nitrogen and oxygen atoms in total. The molecule has 4 N–H and O–H groups in total. The van der Waals surface area contributed by atoms with E-state index >= 15 is 0 Å². The minimum atomic E-state index is -0.431. The molecule has 0 aliphatic heterocycles. The highest BCUT2D eigenvalue weighted by atomic mass is 32.1. The van der Waals surface area contributed by atoms with Crippen molar-refractivity contribution in [2.45, 2.75) is 6.92 Å². The van der Waals surface area contributed by atoms with Crippen LogP contribution in [0.4, 0.5) is 5.69 Å². The molecule has 1 aromatic carbocycles. The molecule has 0 aromatic heterocycles. The van der Waals surface area contributed by atoms with Crippen LogP contribution in [0.2, 0.25) is 0 Å². The van der Waals surface area contributed by atoms with Gasteiger partial charge in [-0.15, -0.1) is 0 Å². The van der Waals surface area contributed by atoms with Gasteiger partial charge < -0.3 is 11.5 Å². The van der Waals surface area contributed by atoms with E-state index in [9.17, 15) is 4.79 Å². The van der Waals surface area contributed by atoms with E-state index in [-0.39, 0.29) is 0 Å². The Bertz CT molecular complexity index is 259. The number of hydrogen-bond acceptors (Lipinski definition) is 3. The van der Waals surface area contributed by atoms with Crippen molar-refractivity contribution < 1.29 is 4.79 Å². The van der Waals surface area contributed by atoms with Crippen molar-refractivity contribution in [3.63, 3.8) is 0 Å². The normalized spacial score (nSPS) is 8.46. The van der Waals surface area contributed by atoms with Crippen molar-refractivity contribution in [3.05, 3.63) is 29.8 Å². The monoisotopic (exact) mass is 198 g/mol. The summed E-state index contributed by atoms with van der Waals surface area (Å²) < 4.78 is 0. The highest BCUT2D eigenvalue weighted by Gasteiger charge is 1.96. The van der Waals surface area contributed by atoms with E-state index in [1.165, 1.54) is 0 Å². The van der Waals surface area contributed by atoms with Gasteiger partial charge in [-0.25, -0.2) is 0 Å². The van der Waals surface area contributed by atoms with Gasteiger partial charge in [-0.2, -0.15) is 12.6 Å². The molecule has 0 spiro atoms. The molecule has 0 aliphatic carbocycles. The van der Waals surface area contributed by atoms with E-state index in [1.807, 2.05) is 6.92 Å². The molecular formula is C9H14N2OS. The summed E-state index contributed by atoms with van der Waals surface area (Å²) in [6.45, 7) is 1.99. The van der Waals surface area contributed by atoms with Gasteiger partial charge in [0.15, 0.2) is 0 Å². The molecule has 0 heterocycles. The minimum Gasteiger partial charge on any atom is -0.399 e. The van der Waals surface area contributed by atoms with Crippen LogP contribution in [0.1, 0.15) is 17.3 Å². The summed E-state index contributed by atoms with van der Waals surface area (Å²) in [5.41, 5.74) is 11.5. The van der Waals surface area contributed by atoms with Crippen LogP contribution >= 0.6 is 12.6 Å². The van der Waals surface area contributed by atoms with Crippen molar-refractivity contribution >= 4 is 24.2 Å². The van der Waals surface area contributed by atoms with Crippen LogP contribution in [-0.4, -0.2) is 11.7 Å². The molecular weight excluding hydrogens is 184 g/mol. The lowest BCUT2D eigenvalue weighted by molar-refractivity contribution is 0.100. The van der Waals surface area contributed by atoms with Gasteiger partial charge >= 0.3 is 0 Å². The first-order chi connectivity index (χ1) is 6.11. The number of benzene rings is 1. The zero-order valence-corrected chi connectivity index (χ0v) is 8.42. The maximum absolute atomic E-state index is 10.5. The molecule has 72 valence electrons. The lowest BCUT2D eigenvalue weighted by Gasteiger charge is -1.93. The number of nitrogens with two attached hydrogens (primary N) is 2. The Morgan fingerprint density at radius 2 is 1.77 bits per heavy atom. The number of carbonyl (C=O) groups is 1. The fourth-order valence-corrected chi connectivity index (χ4v) is 0.647.